The number of nitrogens with zero attached hydrogens (tertiary/aromatic N) is 2. The number of hydrogen-bond acceptors (Lipinski definition) is 3. The monoisotopic (exact) mass is 238 g/mol. The van der Waals surface area contributed by atoms with Gasteiger partial charge in [0.1, 0.15) is 11.9 Å². The molecule has 0 saturated carbocycles. The third-order valence-electron chi connectivity index (χ3n) is 2.80. The Morgan fingerprint density at radius 2 is 2.12 bits per heavy atom. The molecule has 5 heteroatoms. The van der Waals surface area contributed by atoms with Crippen LogP contribution in [0.2, 0.25) is 0 Å². The molecule has 1 atom stereocenters. The quantitative estimate of drug-likeness (QED) is 0.790. The Kier molecular flexibility index (Phi) is 5.00. The second kappa shape index (κ2) is 6.27. The fourth-order valence-corrected chi connectivity index (χ4v) is 1.60. The first-order valence-electron chi connectivity index (χ1n) is 6.13. The van der Waals surface area contributed by atoms with Crippen LogP contribution in [0.3, 0.4) is 0 Å². The molecule has 0 aromatic carbocycles. The molecule has 96 valence electrons. The summed E-state index contributed by atoms with van der Waals surface area (Å²) in [5, 5.41) is 10.3. The van der Waals surface area contributed by atoms with E-state index < -0.39 is 0 Å². The standard InChI is InChI=1S/C12H22N4O/c1-5-10(6-2)14-12(17)9(3)13-11-7-8-16(4)15-11/h7-10H,5-6H2,1-4H3,(H,13,15)(H,14,17). The molecule has 0 radical (unpaired) electrons. The van der Waals surface area contributed by atoms with Crippen LogP contribution < -0.4 is 10.6 Å². The lowest BCUT2D eigenvalue weighted by Crippen LogP contribution is -2.42. The molecule has 17 heavy (non-hydrogen) atoms. The number of carbonyl (C=O) groups is 1. The summed E-state index contributed by atoms with van der Waals surface area (Å²) in [7, 11) is 1.85. The smallest absolute Gasteiger partial charge is 0.242 e. The Morgan fingerprint density at radius 3 is 2.59 bits per heavy atom. The largest absolute Gasteiger partial charge is 0.357 e. The highest BCUT2D eigenvalue weighted by Crippen LogP contribution is 2.04. The van der Waals surface area contributed by atoms with E-state index in [-0.39, 0.29) is 18.0 Å². The minimum atomic E-state index is -0.273. The Morgan fingerprint density at radius 1 is 1.47 bits per heavy atom. The zero-order valence-corrected chi connectivity index (χ0v) is 11.0. The first kappa shape index (κ1) is 13.5. The third kappa shape index (κ3) is 4.09. The van der Waals surface area contributed by atoms with Crippen LogP contribution in [-0.4, -0.2) is 27.8 Å². The molecule has 0 bridgehead atoms. The van der Waals surface area contributed by atoms with E-state index in [4.69, 9.17) is 0 Å². The summed E-state index contributed by atoms with van der Waals surface area (Å²) >= 11 is 0. The van der Waals surface area contributed by atoms with Gasteiger partial charge in [-0.25, -0.2) is 0 Å². The maximum Gasteiger partial charge on any atom is 0.242 e. The molecule has 0 aliphatic carbocycles. The molecular weight excluding hydrogens is 216 g/mol. The minimum absolute atomic E-state index is 0.0179. The first-order valence-corrected chi connectivity index (χ1v) is 6.13. The van der Waals surface area contributed by atoms with Crippen molar-refractivity contribution in [3.8, 4) is 0 Å². The predicted molar refractivity (Wildman–Crippen MR) is 68.8 cm³/mol. The molecule has 1 unspecified atom stereocenters. The summed E-state index contributed by atoms with van der Waals surface area (Å²) in [6, 6.07) is 1.84. The number of aromatic nitrogens is 2. The Labute approximate surface area is 103 Å². The van der Waals surface area contributed by atoms with Gasteiger partial charge in [-0.2, -0.15) is 5.10 Å². The van der Waals surface area contributed by atoms with Gasteiger partial charge in [0.25, 0.3) is 0 Å². The number of carbonyl (C=O) groups excluding carboxylic acids is 1. The van der Waals surface area contributed by atoms with Crippen LogP contribution in [0.1, 0.15) is 33.6 Å². The maximum atomic E-state index is 11.9. The van der Waals surface area contributed by atoms with E-state index in [2.05, 4.69) is 29.6 Å². The lowest BCUT2D eigenvalue weighted by molar-refractivity contribution is -0.122. The highest BCUT2D eigenvalue weighted by molar-refractivity contribution is 5.84. The zero-order chi connectivity index (χ0) is 12.8. The van der Waals surface area contributed by atoms with Gasteiger partial charge in [0.2, 0.25) is 5.91 Å². The number of hydrogen-bond donors (Lipinski definition) is 2. The van der Waals surface area contributed by atoms with Crippen LogP contribution in [0.4, 0.5) is 5.82 Å². The van der Waals surface area contributed by atoms with Gasteiger partial charge in [-0.05, 0) is 19.8 Å². The lowest BCUT2D eigenvalue weighted by atomic mass is 10.1. The van der Waals surface area contributed by atoms with Crippen molar-refractivity contribution in [2.75, 3.05) is 5.32 Å². The van der Waals surface area contributed by atoms with Crippen LogP contribution in [0.15, 0.2) is 12.3 Å². The van der Waals surface area contributed by atoms with Crippen molar-refractivity contribution in [1.29, 1.82) is 0 Å². The van der Waals surface area contributed by atoms with E-state index in [0.717, 1.165) is 18.7 Å². The van der Waals surface area contributed by atoms with Gasteiger partial charge in [-0.15, -0.1) is 0 Å². The van der Waals surface area contributed by atoms with Gasteiger partial charge in [-0.1, -0.05) is 13.8 Å². The van der Waals surface area contributed by atoms with Crippen LogP contribution in [0, 0.1) is 0 Å². The Hall–Kier alpha value is -1.52. The molecular formula is C12H22N4O. The molecule has 1 amide bonds. The summed E-state index contributed by atoms with van der Waals surface area (Å²) in [4.78, 5) is 11.9. The summed E-state index contributed by atoms with van der Waals surface area (Å²) < 4.78 is 1.70. The predicted octanol–water partition coefficient (Wildman–Crippen LogP) is 1.53. The van der Waals surface area contributed by atoms with Crippen LogP contribution in [0.5, 0.6) is 0 Å². The molecule has 0 aliphatic heterocycles. The van der Waals surface area contributed by atoms with Crippen molar-refractivity contribution >= 4 is 11.7 Å². The SMILES string of the molecule is CCC(CC)NC(=O)C(C)Nc1ccn(C)n1. The van der Waals surface area contributed by atoms with Crippen molar-refractivity contribution in [2.45, 2.75) is 45.7 Å². The maximum absolute atomic E-state index is 11.9. The molecule has 1 heterocycles. The van der Waals surface area contributed by atoms with Crippen molar-refractivity contribution < 1.29 is 4.79 Å². The molecule has 1 rings (SSSR count). The molecule has 5 nitrogen and oxygen atoms in total. The van der Waals surface area contributed by atoms with Gasteiger partial charge >= 0.3 is 0 Å². The summed E-state index contributed by atoms with van der Waals surface area (Å²) in [5.74, 6) is 0.740. The first-order chi connectivity index (χ1) is 8.06. The fourth-order valence-electron chi connectivity index (χ4n) is 1.60. The van der Waals surface area contributed by atoms with Gasteiger partial charge in [0, 0.05) is 25.4 Å². The number of anilines is 1. The third-order valence-corrected chi connectivity index (χ3v) is 2.80. The van der Waals surface area contributed by atoms with Crippen molar-refractivity contribution in [3.63, 3.8) is 0 Å². The normalized spacial score (nSPS) is 12.5. The highest BCUT2D eigenvalue weighted by Gasteiger charge is 2.16. The summed E-state index contributed by atoms with van der Waals surface area (Å²) in [5.41, 5.74) is 0. The van der Waals surface area contributed by atoms with Crippen molar-refractivity contribution in [3.05, 3.63) is 12.3 Å². The molecule has 2 N–H and O–H groups in total. The minimum Gasteiger partial charge on any atom is -0.357 e. The van der Waals surface area contributed by atoms with Gasteiger partial charge in [0.15, 0.2) is 0 Å². The van der Waals surface area contributed by atoms with Crippen LogP contribution >= 0.6 is 0 Å². The van der Waals surface area contributed by atoms with Crippen LogP contribution in [-0.2, 0) is 11.8 Å². The Bertz CT molecular complexity index is 357. The lowest BCUT2D eigenvalue weighted by Gasteiger charge is -2.19. The van der Waals surface area contributed by atoms with Crippen molar-refractivity contribution in [1.82, 2.24) is 15.1 Å². The molecule has 0 spiro atoms. The number of amides is 1. The highest BCUT2D eigenvalue weighted by atomic mass is 16.2. The topological polar surface area (TPSA) is 59.0 Å². The van der Waals surface area contributed by atoms with E-state index in [9.17, 15) is 4.79 Å². The molecule has 0 aliphatic rings. The van der Waals surface area contributed by atoms with Crippen LogP contribution in [0.25, 0.3) is 0 Å². The number of nitrogens with one attached hydrogen (secondary N) is 2. The average molecular weight is 238 g/mol. The molecule has 0 fully saturated rings. The van der Waals surface area contributed by atoms with Gasteiger partial charge in [-0.3, -0.25) is 9.48 Å². The van der Waals surface area contributed by atoms with E-state index >= 15 is 0 Å². The Balaban J connectivity index is 2.46. The van der Waals surface area contributed by atoms with E-state index in [0.29, 0.717) is 0 Å². The summed E-state index contributed by atoms with van der Waals surface area (Å²) in [6.45, 7) is 5.99. The molecule has 1 aromatic rings. The van der Waals surface area contributed by atoms with E-state index in [1.807, 2.05) is 26.2 Å². The summed E-state index contributed by atoms with van der Waals surface area (Å²) in [6.07, 6.45) is 3.75. The van der Waals surface area contributed by atoms with Crippen molar-refractivity contribution in [2.24, 2.45) is 7.05 Å². The fraction of sp³-hybridized carbons (Fsp3) is 0.667. The number of aryl methyl sites for hydroxylation is 1. The number of rotatable bonds is 6. The average Bonchev–Trinajstić information content (AvgIpc) is 2.71. The second-order valence-corrected chi connectivity index (χ2v) is 4.26. The second-order valence-electron chi connectivity index (χ2n) is 4.26. The molecule has 0 saturated heterocycles. The molecule has 1 aromatic heterocycles. The zero-order valence-electron chi connectivity index (χ0n) is 11.0. The van der Waals surface area contributed by atoms with Gasteiger partial charge in [0.05, 0.1) is 0 Å². The van der Waals surface area contributed by atoms with Gasteiger partial charge < -0.3 is 10.6 Å². The van der Waals surface area contributed by atoms with E-state index in [1.165, 1.54) is 0 Å². The van der Waals surface area contributed by atoms with E-state index in [1.54, 1.807) is 4.68 Å².